The molecule has 150 valence electrons. The number of carbonyl (C=O) groups is 1. The second-order valence-electron chi connectivity index (χ2n) is 7.04. The van der Waals surface area contributed by atoms with Gasteiger partial charge in [0.15, 0.2) is 0 Å². The SMILES string of the molecule is O=C(OCCCn1cnc2ccccc2c1=O)C(c1ccccc1)c1ccccc1. The topological polar surface area (TPSA) is 61.2 Å². The average Bonchev–Trinajstić information content (AvgIpc) is 2.80. The largest absolute Gasteiger partial charge is 0.465 e. The predicted molar refractivity (Wildman–Crippen MR) is 116 cm³/mol. The highest BCUT2D eigenvalue weighted by Gasteiger charge is 2.23. The summed E-state index contributed by atoms with van der Waals surface area (Å²) in [6.45, 7) is 0.666. The molecule has 4 aromatic rings. The van der Waals surface area contributed by atoms with Crippen LogP contribution in [0.5, 0.6) is 0 Å². The third kappa shape index (κ3) is 4.30. The second kappa shape index (κ2) is 9.18. The molecule has 0 amide bonds. The summed E-state index contributed by atoms with van der Waals surface area (Å²) in [6, 6.07) is 26.5. The number of ether oxygens (including phenoxy) is 1. The molecular formula is C25H22N2O3. The Morgan fingerprint density at radius 1 is 0.867 bits per heavy atom. The van der Waals surface area contributed by atoms with Crippen LogP contribution in [-0.4, -0.2) is 22.1 Å². The molecule has 0 bridgehead atoms. The van der Waals surface area contributed by atoms with Gasteiger partial charge in [-0.2, -0.15) is 0 Å². The lowest BCUT2D eigenvalue weighted by atomic mass is 9.91. The van der Waals surface area contributed by atoms with Crippen LogP contribution >= 0.6 is 0 Å². The molecule has 4 rings (SSSR count). The van der Waals surface area contributed by atoms with E-state index in [1.165, 1.54) is 0 Å². The van der Waals surface area contributed by atoms with E-state index in [1.54, 1.807) is 17.0 Å². The number of carbonyl (C=O) groups excluding carboxylic acids is 1. The minimum Gasteiger partial charge on any atom is -0.465 e. The zero-order valence-corrected chi connectivity index (χ0v) is 16.5. The summed E-state index contributed by atoms with van der Waals surface area (Å²) in [5.41, 5.74) is 2.38. The van der Waals surface area contributed by atoms with Gasteiger partial charge in [-0.1, -0.05) is 72.8 Å². The second-order valence-corrected chi connectivity index (χ2v) is 7.04. The van der Waals surface area contributed by atoms with E-state index in [9.17, 15) is 9.59 Å². The van der Waals surface area contributed by atoms with E-state index in [-0.39, 0.29) is 18.1 Å². The minimum absolute atomic E-state index is 0.0848. The lowest BCUT2D eigenvalue weighted by Crippen LogP contribution is -2.22. The highest BCUT2D eigenvalue weighted by Crippen LogP contribution is 2.26. The number of esters is 1. The van der Waals surface area contributed by atoms with Crippen molar-refractivity contribution in [2.24, 2.45) is 0 Å². The van der Waals surface area contributed by atoms with Crippen LogP contribution in [0.4, 0.5) is 0 Å². The molecule has 0 fully saturated rings. The monoisotopic (exact) mass is 398 g/mol. The minimum atomic E-state index is -0.475. The van der Waals surface area contributed by atoms with Crippen molar-refractivity contribution in [2.75, 3.05) is 6.61 Å². The maximum atomic E-state index is 12.9. The summed E-state index contributed by atoms with van der Waals surface area (Å²) >= 11 is 0. The molecule has 0 unspecified atom stereocenters. The lowest BCUT2D eigenvalue weighted by molar-refractivity contribution is -0.144. The van der Waals surface area contributed by atoms with Crippen molar-refractivity contribution >= 4 is 16.9 Å². The molecular weight excluding hydrogens is 376 g/mol. The summed E-state index contributed by atoms with van der Waals surface area (Å²) in [5.74, 6) is -0.770. The Morgan fingerprint density at radius 3 is 2.13 bits per heavy atom. The van der Waals surface area contributed by atoms with Crippen LogP contribution in [0.25, 0.3) is 10.9 Å². The highest BCUT2D eigenvalue weighted by atomic mass is 16.5. The summed E-state index contributed by atoms with van der Waals surface area (Å²) in [4.78, 5) is 29.8. The van der Waals surface area contributed by atoms with Crippen molar-refractivity contribution in [1.82, 2.24) is 9.55 Å². The molecule has 0 saturated carbocycles. The number of fused-ring (bicyclic) bond motifs is 1. The quantitative estimate of drug-likeness (QED) is 0.346. The zero-order valence-electron chi connectivity index (χ0n) is 16.5. The van der Waals surface area contributed by atoms with Gasteiger partial charge < -0.3 is 4.74 Å². The number of aromatic nitrogens is 2. The van der Waals surface area contributed by atoms with Crippen LogP contribution in [0, 0.1) is 0 Å². The number of aryl methyl sites for hydroxylation is 1. The van der Waals surface area contributed by atoms with Gasteiger partial charge in [-0.15, -0.1) is 0 Å². The van der Waals surface area contributed by atoms with Crippen LogP contribution in [0.15, 0.2) is 96.1 Å². The molecule has 0 aliphatic heterocycles. The Bertz CT molecular complexity index is 1150. The van der Waals surface area contributed by atoms with Gasteiger partial charge in [0.05, 0.1) is 23.8 Å². The first-order chi connectivity index (χ1) is 14.7. The fourth-order valence-corrected chi connectivity index (χ4v) is 3.51. The lowest BCUT2D eigenvalue weighted by Gasteiger charge is -2.17. The summed E-state index contributed by atoms with van der Waals surface area (Å²) in [7, 11) is 0. The number of hydrogen-bond acceptors (Lipinski definition) is 4. The highest BCUT2D eigenvalue weighted by molar-refractivity contribution is 5.82. The van der Waals surface area contributed by atoms with Gasteiger partial charge in [0.25, 0.3) is 5.56 Å². The smallest absolute Gasteiger partial charge is 0.317 e. The Hall–Kier alpha value is -3.73. The van der Waals surface area contributed by atoms with Gasteiger partial charge in [-0.05, 0) is 29.7 Å². The van der Waals surface area contributed by atoms with E-state index in [4.69, 9.17) is 4.74 Å². The van der Waals surface area contributed by atoms with Gasteiger partial charge in [0, 0.05) is 6.54 Å². The molecule has 0 N–H and O–H groups in total. The van der Waals surface area contributed by atoms with Crippen LogP contribution in [0.2, 0.25) is 0 Å². The molecule has 1 aromatic heterocycles. The van der Waals surface area contributed by atoms with Crippen LogP contribution in [-0.2, 0) is 16.1 Å². The Morgan fingerprint density at radius 2 is 1.47 bits per heavy atom. The average molecular weight is 398 g/mol. The van der Waals surface area contributed by atoms with Crippen molar-refractivity contribution in [1.29, 1.82) is 0 Å². The maximum absolute atomic E-state index is 12.9. The first-order valence-electron chi connectivity index (χ1n) is 9.95. The first kappa shape index (κ1) is 19.6. The van der Waals surface area contributed by atoms with E-state index in [1.807, 2.05) is 78.9 Å². The van der Waals surface area contributed by atoms with E-state index in [0.717, 1.165) is 11.1 Å². The van der Waals surface area contributed by atoms with Gasteiger partial charge in [0.2, 0.25) is 0 Å². The number of hydrogen-bond donors (Lipinski definition) is 0. The first-order valence-corrected chi connectivity index (χ1v) is 9.95. The van der Waals surface area contributed by atoms with E-state index < -0.39 is 5.92 Å². The van der Waals surface area contributed by atoms with Gasteiger partial charge in [-0.3, -0.25) is 14.2 Å². The van der Waals surface area contributed by atoms with E-state index >= 15 is 0 Å². The van der Waals surface area contributed by atoms with Gasteiger partial charge >= 0.3 is 5.97 Å². The van der Waals surface area contributed by atoms with Crippen molar-refractivity contribution in [3.8, 4) is 0 Å². The molecule has 0 aliphatic rings. The van der Waals surface area contributed by atoms with E-state index in [0.29, 0.717) is 23.9 Å². The van der Waals surface area contributed by atoms with Crippen molar-refractivity contribution in [2.45, 2.75) is 18.9 Å². The molecule has 0 aliphatic carbocycles. The van der Waals surface area contributed by atoms with Gasteiger partial charge in [0.1, 0.15) is 5.92 Å². The Labute approximate surface area is 174 Å². The maximum Gasteiger partial charge on any atom is 0.317 e. The van der Waals surface area contributed by atoms with E-state index in [2.05, 4.69) is 4.98 Å². The Balaban J connectivity index is 1.42. The molecule has 1 heterocycles. The normalized spacial score (nSPS) is 11.0. The zero-order chi connectivity index (χ0) is 20.8. The fraction of sp³-hybridized carbons (Fsp3) is 0.160. The molecule has 0 radical (unpaired) electrons. The molecule has 5 heteroatoms. The number of rotatable bonds is 7. The Kier molecular flexibility index (Phi) is 5.99. The molecule has 3 aromatic carbocycles. The van der Waals surface area contributed by atoms with Crippen LogP contribution < -0.4 is 5.56 Å². The molecule has 5 nitrogen and oxygen atoms in total. The standard InChI is InChI=1S/C25H22N2O3/c28-24-21-14-7-8-15-22(21)26-18-27(24)16-9-17-30-25(29)23(19-10-3-1-4-11-19)20-12-5-2-6-13-20/h1-8,10-15,18,23H,9,16-17H2. The number of para-hydroxylation sites is 1. The summed E-state index contributed by atoms with van der Waals surface area (Å²) in [5, 5.41) is 0.588. The summed E-state index contributed by atoms with van der Waals surface area (Å²) < 4.78 is 7.14. The molecule has 0 saturated heterocycles. The van der Waals surface area contributed by atoms with Crippen molar-refractivity contribution < 1.29 is 9.53 Å². The molecule has 0 atom stereocenters. The third-order valence-corrected chi connectivity index (χ3v) is 5.02. The van der Waals surface area contributed by atoms with Crippen molar-refractivity contribution in [3.05, 3.63) is 113 Å². The van der Waals surface area contributed by atoms with Gasteiger partial charge in [-0.25, -0.2) is 4.98 Å². The van der Waals surface area contributed by atoms with Crippen molar-refractivity contribution in [3.63, 3.8) is 0 Å². The predicted octanol–water partition coefficient (Wildman–Crippen LogP) is 4.16. The van der Waals surface area contributed by atoms with Crippen LogP contribution in [0.3, 0.4) is 0 Å². The number of benzene rings is 3. The summed E-state index contributed by atoms with van der Waals surface area (Å²) in [6.07, 6.45) is 2.07. The van der Waals surface area contributed by atoms with Crippen LogP contribution in [0.1, 0.15) is 23.5 Å². The molecule has 0 spiro atoms. The number of nitrogens with zero attached hydrogens (tertiary/aromatic N) is 2. The fourth-order valence-electron chi connectivity index (χ4n) is 3.51. The molecule has 30 heavy (non-hydrogen) atoms. The third-order valence-electron chi connectivity index (χ3n) is 5.02.